The van der Waals surface area contributed by atoms with Crippen LogP contribution in [0.2, 0.25) is 0 Å². The molecule has 2 heterocycles. The summed E-state index contributed by atoms with van der Waals surface area (Å²) in [6, 6.07) is 15.3. The van der Waals surface area contributed by atoms with Crippen LogP contribution >= 0.6 is 0 Å². The van der Waals surface area contributed by atoms with Crippen LogP contribution in [-0.2, 0) is 14.8 Å². The summed E-state index contributed by atoms with van der Waals surface area (Å²) in [5, 5.41) is 1.39. The van der Waals surface area contributed by atoms with Crippen LogP contribution in [0.4, 0.5) is 0 Å². The Bertz CT molecular complexity index is 1290. The molecule has 0 unspecified atom stereocenters. The molecule has 0 radical (unpaired) electrons. The van der Waals surface area contributed by atoms with Crippen LogP contribution in [0.5, 0.6) is 0 Å². The predicted molar refractivity (Wildman–Crippen MR) is 102 cm³/mol. The zero-order valence-electron chi connectivity index (χ0n) is 14.7. The van der Waals surface area contributed by atoms with Gasteiger partial charge < -0.3 is 4.74 Å². The summed E-state index contributed by atoms with van der Waals surface area (Å²) in [5.74, 6) is -0.624. The fourth-order valence-corrected chi connectivity index (χ4v) is 4.64. The number of carbonyl (C=O) groups excluding carboxylic acids is 1. The summed E-state index contributed by atoms with van der Waals surface area (Å²) in [6.45, 7) is 1.89. The van der Waals surface area contributed by atoms with Gasteiger partial charge in [0.15, 0.2) is 0 Å². The quantitative estimate of drug-likeness (QED) is 0.508. The molecular weight excluding hydrogens is 364 g/mol. The van der Waals surface area contributed by atoms with Gasteiger partial charge in [0.25, 0.3) is 10.0 Å². The average molecular weight is 380 g/mol. The fourth-order valence-electron chi connectivity index (χ4n) is 3.12. The molecule has 0 aliphatic carbocycles. The summed E-state index contributed by atoms with van der Waals surface area (Å²) in [5.41, 5.74) is 1.92. The van der Waals surface area contributed by atoms with Gasteiger partial charge in [-0.15, -0.1) is 0 Å². The number of para-hydroxylation sites is 1. The number of carbonyl (C=O) groups is 1. The van der Waals surface area contributed by atoms with Crippen LogP contribution in [0.3, 0.4) is 0 Å². The van der Waals surface area contributed by atoms with Gasteiger partial charge in [-0.05, 0) is 31.2 Å². The molecule has 0 fully saturated rings. The maximum atomic E-state index is 13.4. The number of hydrogen-bond donors (Lipinski definition) is 0. The van der Waals surface area contributed by atoms with Crippen LogP contribution in [0.15, 0.2) is 65.7 Å². The number of pyridine rings is 1. The van der Waals surface area contributed by atoms with Crippen molar-refractivity contribution in [3.05, 3.63) is 72.1 Å². The van der Waals surface area contributed by atoms with E-state index in [1.54, 1.807) is 36.4 Å². The number of benzene rings is 2. The Labute approximate surface area is 156 Å². The van der Waals surface area contributed by atoms with Crippen molar-refractivity contribution in [2.24, 2.45) is 0 Å². The highest BCUT2D eigenvalue weighted by atomic mass is 32.2. The molecule has 7 heteroatoms. The number of esters is 1. The Balaban J connectivity index is 2.10. The van der Waals surface area contributed by atoms with Gasteiger partial charge in [0.05, 0.1) is 23.0 Å². The monoisotopic (exact) mass is 380 g/mol. The van der Waals surface area contributed by atoms with E-state index >= 15 is 0 Å². The summed E-state index contributed by atoms with van der Waals surface area (Å²) < 4.78 is 32.8. The minimum absolute atomic E-state index is 0.0492. The van der Waals surface area contributed by atoms with E-state index in [4.69, 9.17) is 4.74 Å². The second-order valence-corrected chi connectivity index (χ2v) is 7.96. The molecule has 4 aromatic rings. The molecule has 0 spiro atoms. The normalized spacial score (nSPS) is 11.8. The highest BCUT2D eigenvalue weighted by Gasteiger charge is 2.24. The first-order valence-electron chi connectivity index (χ1n) is 8.23. The summed E-state index contributed by atoms with van der Waals surface area (Å²) in [4.78, 5) is 16.2. The molecule has 136 valence electrons. The average Bonchev–Trinajstić information content (AvgIpc) is 3.02. The van der Waals surface area contributed by atoms with E-state index in [0.29, 0.717) is 16.4 Å². The minimum Gasteiger partial charge on any atom is -0.464 e. The van der Waals surface area contributed by atoms with E-state index in [1.165, 1.54) is 23.3 Å². The zero-order chi connectivity index (χ0) is 19.2. The summed E-state index contributed by atoms with van der Waals surface area (Å²) in [6.07, 6.45) is 1.51. The van der Waals surface area contributed by atoms with E-state index in [0.717, 1.165) is 10.9 Å². The summed E-state index contributed by atoms with van der Waals surface area (Å²) in [7, 11) is -2.62. The third-order valence-corrected chi connectivity index (χ3v) is 6.21. The van der Waals surface area contributed by atoms with Crippen LogP contribution in [0.25, 0.3) is 21.8 Å². The molecule has 2 aromatic carbocycles. The third-order valence-electron chi connectivity index (χ3n) is 4.47. The first-order valence-corrected chi connectivity index (χ1v) is 9.67. The van der Waals surface area contributed by atoms with Crippen LogP contribution in [0.1, 0.15) is 16.1 Å². The topological polar surface area (TPSA) is 78.3 Å². The van der Waals surface area contributed by atoms with Crippen molar-refractivity contribution in [1.82, 2.24) is 8.96 Å². The second-order valence-electron chi connectivity index (χ2n) is 6.18. The maximum Gasteiger partial charge on any atom is 0.356 e. The van der Waals surface area contributed by atoms with E-state index < -0.39 is 16.0 Å². The lowest BCUT2D eigenvalue weighted by atomic mass is 10.2. The zero-order valence-corrected chi connectivity index (χ0v) is 15.5. The lowest BCUT2D eigenvalue weighted by molar-refractivity contribution is 0.0594. The number of rotatable bonds is 3. The van der Waals surface area contributed by atoms with Crippen molar-refractivity contribution < 1.29 is 17.9 Å². The molecular formula is C20H16N2O4S. The SMILES string of the molecule is COC(=O)c1cc2c(cn1)c1ccccc1n2S(=O)(=O)c1ccc(C)cc1. The van der Waals surface area contributed by atoms with Crippen molar-refractivity contribution in [1.29, 1.82) is 0 Å². The number of hydrogen-bond acceptors (Lipinski definition) is 5. The molecule has 0 amide bonds. The highest BCUT2D eigenvalue weighted by molar-refractivity contribution is 7.90. The van der Waals surface area contributed by atoms with Crippen molar-refractivity contribution in [2.75, 3.05) is 7.11 Å². The largest absolute Gasteiger partial charge is 0.464 e. The van der Waals surface area contributed by atoms with Gasteiger partial charge in [0.2, 0.25) is 0 Å². The molecule has 0 atom stereocenters. The van der Waals surface area contributed by atoms with Crippen molar-refractivity contribution >= 4 is 37.8 Å². The molecule has 0 N–H and O–H groups in total. The van der Waals surface area contributed by atoms with Gasteiger partial charge in [-0.3, -0.25) is 0 Å². The number of aromatic nitrogens is 2. The number of fused-ring (bicyclic) bond motifs is 3. The van der Waals surface area contributed by atoms with Crippen molar-refractivity contribution in [3.63, 3.8) is 0 Å². The molecule has 0 aliphatic rings. The Morgan fingerprint density at radius 3 is 2.41 bits per heavy atom. The predicted octanol–water partition coefficient (Wildman–Crippen LogP) is 3.52. The fraction of sp³-hybridized carbons (Fsp3) is 0.100. The molecule has 0 saturated carbocycles. The molecule has 0 aliphatic heterocycles. The van der Waals surface area contributed by atoms with E-state index in [-0.39, 0.29) is 10.6 Å². The molecule has 0 bridgehead atoms. The lowest BCUT2D eigenvalue weighted by Gasteiger charge is -2.10. The van der Waals surface area contributed by atoms with E-state index in [1.807, 2.05) is 19.1 Å². The molecule has 27 heavy (non-hydrogen) atoms. The van der Waals surface area contributed by atoms with Gasteiger partial charge in [-0.1, -0.05) is 35.9 Å². The van der Waals surface area contributed by atoms with E-state index in [2.05, 4.69) is 4.98 Å². The lowest BCUT2D eigenvalue weighted by Crippen LogP contribution is -2.13. The minimum atomic E-state index is -3.88. The number of ether oxygens (including phenoxy) is 1. The number of nitrogens with zero attached hydrogens (tertiary/aromatic N) is 2. The number of methoxy groups -OCH3 is 1. The van der Waals surface area contributed by atoms with Crippen LogP contribution in [0, 0.1) is 6.92 Å². The Morgan fingerprint density at radius 1 is 1.00 bits per heavy atom. The van der Waals surface area contributed by atoms with Gasteiger partial charge >= 0.3 is 5.97 Å². The highest BCUT2D eigenvalue weighted by Crippen LogP contribution is 2.32. The number of aryl methyl sites for hydroxylation is 1. The third kappa shape index (κ3) is 2.67. The van der Waals surface area contributed by atoms with Gasteiger partial charge in [0.1, 0.15) is 5.69 Å². The Kier molecular flexibility index (Phi) is 3.96. The standard InChI is InChI=1S/C20H16N2O4S/c1-13-7-9-14(10-8-13)27(24,25)22-18-6-4-3-5-15(18)16-12-21-17(11-19(16)22)20(23)26-2/h3-12H,1-2H3. The molecule has 6 nitrogen and oxygen atoms in total. The van der Waals surface area contributed by atoms with Crippen molar-refractivity contribution in [2.45, 2.75) is 11.8 Å². The van der Waals surface area contributed by atoms with Gasteiger partial charge in [0, 0.05) is 17.0 Å². The molecule has 4 rings (SSSR count). The first-order chi connectivity index (χ1) is 12.9. The smallest absolute Gasteiger partial charge is 0.356 e. The maximum absolute atomic E-state index is 13.4. The molecule has 2 aromatic heterocycles. The molecule has 0 saturated heterocycles. The Morgan fingerprint density at radius 2 is 1.70 bits per heavy atom. The summed E-state index contributed by atoms with van der Waals surface area (Å²) >= 11 is 0. The van der Waals surface area contributed by atoms with Gasteiger partial charge in [-0.2, -0.15) is 0 Å². The van der Waals surface area contributed by atoms with Crippen LogP contribution in [-0.4, -0.2) is 30.5 Å². The van der Waals surface area contributed by atoms with Crippen molar-refractivity contribution in [3.8, 4) is 0 Å². The Hall–Kier alpha value is -3.19. The first kappa shape index (κ1) is 17.2. The second kappa shape index (κ2) is 6.21. The van der Waals surface area contributed by atoms with Crippen LogP contribution < -0.4 is 0 Å². The van der Waals surface area contributed by atoms with E-state index in [9.17, 15) is 13.2 Å². The van der Waals surface area contributed by atoms with Gasteiger partial charge in [-0.25, -0.2) is 22.2 Å².